The van der Waals surface area contributed by atoms with Crippen LogP contribution in [0.3, 0.4) is 0 Å². The van der Waals surface area contributed by atoms with Crippen molar-refractivity contribution in [3.05, 3.63) is 70.9 Å². The number of benzene rings is 2. The third kappa shape index (κ3) is 3.62. The van der Waals surface area contributed by atoms with E-state index in [4.69, 9.17) is 6.42 Å². The first kappa shape index (κ1) is 14.9. The number of rotatable bonds is 4. The molecule has 0 amide bonds. The topological polar surface area (TPSA) is 37.3 Å². The summed E-state index contributed by atoms with van der Waals surface area (Å²) < 4.78 is 13.7. The van der Waals surface area contributed by atoms with Crippen molar-refractivity contribution in [3.63, 3.8) is 0 Å². The fourth-order valence-electron chi connectivity index (χ4n) is 1.96. The van der Waals surface area contributed by atoms with Crippen LogP contribution in [0.25, 0.3) is 11.3 Å². The molecule has 0 fully saturated rings. The van der Waals surface area contributed by atoms with Gasteiger partial charge in [-0.2, -0.15) is 5.10 Å². The van der Waals surface area contributed by atoms with Crippen molar-refractivity contribution >= 4 is 22.7 Å². The Morgan fingerprint density at radius 3 is 2.83 bits per heavy atom. The summed E-state index contributed by atoms with van der Waals surface area (Å²) in [5, 5.41) is 6.59. The lowest BCUT2D eigenvalue weighted by Gasteiger charge is -1.98. The third-order valence-electron chi connectivity index (χ3n) is 3.10. The molecule has 112 valence electrons. The molecule has 0 bridgehead atoms. The first-order valence-electron chi connectivity index (χ1n) is 6.82. The smallest absolute Gasteiger partial charge is 0.203 e. The van der Waals surface area contributed by atoms with Crippen molar-refractivity contribution in [2.24, 2.45) is 5.10 Å². The van der Waals surface area contributed by atoms with E-state index in [2.05, 4.69) is 21.4 Å². The Balaban J connectivity index is 1.72. The summed E-state index contributed by atoms with van der Waals surface area (Å²) in [6.07, 6.45) is 6.69. The Hall–Kier alpha value is -2.97. The number of aromatic nitrogens is 1. The Morgan fingerprint density at radius 2 is 2.04 bits per heavy atom. The van der Waals surface area contributed by atoms with Crippen molar-refractivity contribution in [1.82, 2.24) is 4.98 Å². The fraction of sp³-hybridized carbons (Fsp3) is 0. The number of thiazole rings is 1. The zero-order chi connectivity index (χ0) is 16.1. The van der Waals surface area contributed by atoms with Crippen molar-refractivity contribution in [2.45, 2.75) is 0 Å². The molecule has 23 heavy (non-hydrogen) atoms. The number of nitrogens with zero attached hydrogens (tertiary/aromatic N) is 2. The first-order chi connectivity index (χ1) is 11.3. The highest BCUT2D eigenvalue weighted by Crippen LogP contribution is 2.24. The summed E-state index contributed by atoms with van der Waals surface area (Å²) in [6.45, 7) is 0. The van der Waals surface area contributed by atoms with Crippen LogP contribution in [-0.4, -0.2) is 11.2 Å². The van der Waals surface area contributed by atoms with E-state index in [9.17, 15) is 4.39 Å². The van der Waals surface area contributed by atoms with Gasteiger partial charge < -0.3 is 0 Å². The largest absolute Gasteiger partial charge is 0.253 e. The number of hydrogen-bond donors (Lipinski definition) is 1. The van der Waals surface area contributed by atoms with E-state index in [1.54, 1.807) is 12.1 Å². The lowest BCUT2D eigenvalue weighted by Crippen LogP contribution is -1.94. The SMILES string of the molecule is C#Cc1ccc(F)c(C=NNc2nc(-c3ccccc3)cs2)c1. The molecule has 2 aromatic carbocycles. The predicted octanol–water partition coefficient (Wildman–Crippen LogP) is 4.38. The number of hydrogen-bond acceptors (Lipinski definition) is 4. The summed E-state index contributed by atoms with van der Waals surface area (Å²) in [4.78, 5) is 4.44. The van der Waals surface area contributed by atoms with Gasteiger partial charge in [0.25, 0.3) is 0 Å². The van der Waals surface area contributed by atoms with Crippen molar-refractivity contribution in [3.8, 4) is 23.6 Å². The van der Waals surface area contributed by atoms with Gasteiger partial charge in [0, 0.05) is 22.1 Å². The standard InChI is InChI=1S/C18H12FN3S/c1-2-13-8-9-16(19)15(10-13)11-20-22-18-21-17(12-23-18)14-6-4-3-5-7-14/h1,3-12H,(H,21,22). The molecule has 0 unspecified atom stereocenters. The van der Waals surface area contributed by atoms with Crippen molar-refractivity contribution in [2.75, 3.05) is 5.43 Å². The van der Waals surface area contributed by atoms with E-state index >= 15 is 0 Å². The number of anilines is 1. The molecule has 0 spiro atoms. The number of terminal acetylenes is 1. The summed E-state index contributed by atoms with van der Waals surface area (Å²) in [7, 11) is 0. The van der Waals surface area contributed by atoms with Crippen LogP contribution in [0, 0.1) is 18.2 Å². The molecule has 3 nitrogen and oxygen atoms in total. The lowest BCUT2D eigenvalue weighted by atomic mass is 10.1. The van der Waals surface area contributed by atoms with Crippen molar-refractivity contribution in [1.29, 1.82) is 0 Å². The molecule has 0 saturated carbocycles. The van der Waals surface area contributed by atoms with E-state index in [-0.39, 0.29) is 5.82 Å². The maximum Gasteiger partial charge on any atom is 0.203 e. The molecule has 1 heterocycles. The Morgan fingerprint density at radius 1 is 1.22 bits per heavy atom. The minimum absolute atomic E-state index is 0.327. The van der Waals surface area contributed by atoms with Crippen LogP contribution in [0.5, 0.6) is 0 Å². The molecule has 3 aromatic rings. The second-order valence-electron chi connectivity index (χ2n) is 4.65. The highest BCUT2D eigenvalue weighted by molar-refractivity contribution is 7.14. The molecule has 0 radical (unpaired) electrons. The second kappa shape index (κ2) is 6.86. The Labute approximate surface area is 137 Å². The molecule has 0 aliphatic heterocycles. The minimum Gasteiger partial charge on any atom is -0.253 e. The fourth-order valence-corrected chi connectivity index (χ4v) is 2.62. The number of hydrazone groups is 1. The van der Waals surface area contributed by atoms with Crippen LogP contribution in [0.4, 0.5) is 9.52 Å². The van der Waals surface area contributed by atoms with Gasteiger partial charge >= 0.3 is 0 Å². The maximum atomic E-state index is 13.7. The summed E-state index contributed by atoms with van der Waals surface area (Å²) >= 11 is 1.43. The highest BCUT2D eigenvalue weighted by Gasteiger charge is 2.03. The highest BCUT2D eigenvalue weighted by atomic mass is 32.1. The van der Waals surface area contributed by atoms with Gasteiger partial charge in [0.1, 0.15) is 5.82 Å². The molecule has 0 aliphatic rings. The zero-order valence-corrected chi connectivity index (χ0v) is 12.8. The van der Waals surface area contributed by atoms with Gasteiger partial charge in [-0.1, -0.05) is 36.3 Å². The Bertz CT molecular complexity index is 879. The van der Waals surface area contributed by atoms with E-state index < -0.39 is 0 Å². The number of nitrogens with one attached hydrogen (secondary N) is 1. The van der Waals surface area contributed by atoms with Crippen LogP contribution in [-0.2, 0) is 0 Å². The van der Waals surface area contributed by atoms with E-state index in [1.165, 1.54) is 23.6 Å². The van der Waals surface area contributed by atoms with Gasteiger partial charge in [-0.05, 0) is 18.2 Å². The quantitative estimate of drug-likeness (QED) is 0.440. The van der Waals surface area contributed by atoms with Gasteiger partial charge in [0.2, 0.25) is 5.13 Å². The average molecular weight is 321 g/mol. The minimum atomic E-state index is -0.376. The summed E-state index contributed by atoms with van der Waals surface area (Å²) in [5.74, 6) is 2.09. The van der Waals surface area contributed by atoms with E-state index in [0.717, 1.165) is 11.3 Å². The molecule has 1 N–H and O–H groups in total. The van der Waals surface area contributed by atoms with Gasteiger partial charge in [-0.15, -0.1) is 17.8 Å². The normalized spacial score (nSPS) is 10.6. The molecule has 0 atom stereocenters. The van der Waals surface area contributed by atoms with Gasteiger partial charge in [-0.3, -0.25) is 5.43 Å². The van der Waals surface area contributed by atoms with Crippen molar-refractivity contribution < 1.29 is 4.39 Å². The summed E-state index contributed by atoms with van der Waals surface area (Å²) in [5.41, 5.74) is 5.64. The van der Waals surface area contributed by atoms with Crippen LogP contribution >= 0.6 is 11.3 Å². The van der Waals surface area contributed by atoms with Crippen LogP contribution < -0.4 is 5.43 Å². The third-order valence-corrected chi connectivity index (χ3v) is 3.85. The van der Waals surface area contributed by atoms with Gasteiger partial charge in [-0.25, -0.2) is 9.37 Å². The van der Waals surface area contributed by atoms with Gasteiger partial charge in [0.15, 0.2) is 0 Å². The molecular formula is C18H12FN3S. The van der Waals surface area contributed by atoms with Crippen LogP contribution in [0.1, 0.15) is 11.1 Å². The first-order valence-corrected chi connectivity index (χ1v) is 7.70. The predicted molar refractivity (Wildman–Crippen MR) is 93.1 cm³/mol. The second-order valence-corrected chi connectivity index (χ2v) is 5.51. The molecule has 0 saturated heterocycles. The lowest BCUT2D eigenvalue weighted by molar-refractivity contribution is 0.626. The van der Waals surface area contributed by atoms with E-state index in [1.807, 2.05) is 35.7 Å². The summed E-state index contributed by atoms with van der Waals surface area (Å²) in [6, 6.07) is 14.3. The molecule has 3 rings (SSSR count). The average Bonchev–Trinajstić information content (AvgIpc) is 3.06. The van der Waals surface area contributed by atoms with Gasteiger partial charge in [0.05, 0.1) is 11.9 Å². The number of halogens is 1. The molecule has 5 heteroatoms. The Kier molecular flexibility index (Phi) is 4.46. The molecular weight excluding hydrogens is 309 g/mol. The zero-order valence-electron chi connectivity index (χ0n) is 12.0. The van der Waals surface area contributed by atoms with Crippen LogP contribution in [0.15, 0.2) is 59.0 Å². The molecule has 0 aliphatic carbocycles. The van der Waals surface area contributed by atoms with Crippen LogP contribution in [0.2, 0.25) is 0 Å². The maximum absolute atomic E-state index is 13.7. The molecule has 1 aromatic heterocycles. The van der Waals surface area contributed by atoms with E-state index in [0.29, 0.717) is 16.3 Å². The monoisotopic (exact) mass is 321 g/mol.